The van der Waals surface area contributed by atoms with Gasteiger partial charge in [-0.2, -0.15) is 0 Å². The summed E-state index contributed by atoms with van der Waals surface area (Å²) < 4.78 is 11.4. The van der Waals surface area contributed by atoms with E-state index >= 15 is 0 Å². The molecule has 0 saturated carbocycles. The van der Waals surface area contributed by atoms with Gasteiger partial charge in [0, 0.05) is 76.1 Å². The van der Waals surface area contributed by atoms with Crippen LogP contribution in [0, 0.1) is 0 Å². The Morgan fingerprint density at radius 2 is 0.931 bits per heavy atom. The van der Waals surface area contributed by atoms with Crippen molar-refractivity contribution >= 4 is 92.3 Å². The van der Waals surface area contributed by atoms with Gasteiger partial charge in [0.15, 0.2) is 0 Å². The lowest BCUT2D eigenvalue weighted by molar-refractivity contribution is 0.669. The second-order valence-electron chi connectivity index (χ2n) is 14.9. The van der Waals surface area contributed by atoms with Crippen molar-refractivity contribution in [2.45, 2.75) is 0 Å². The van der Waals surface area contributed by atoms with Crippen molar-refractivity contribution in [1.29, 1.82) is 0 Å². The fraction of sp³-hybridized carbons (Fsp3) is 0. The normalized spacial score (nSPS) is 11.8. The van der Waals surface area contributed by atoms with Gasteiger partial charge in [0.2, 0.25) is 0 Å². The fourth-order valence-corrected chi connectivity index (χ4v) is 10.1. The fourth-order valence-electron chi connectivity index (χ4n) is 8.88. The van der Waals surface area contributed by atoms with Gasteiger partial charge in [-0.15, -0.1) is 11.3 Å². The molecular weight excluding hydrogens is 725 g/mol. The number of nitrogens with zero attached hydrogens (tertiary/aromatic N) is 2. The molecule has 272 valence electrons. The van der Waals surface area contributed by atoms with Crippen LogP contribution >= 0.6 is 11.3 Å². The minimum absolute atomic E-state index is 0.871. The first kappa shape index (κ1) is 32.8. The predicted molar refractivity (Wildman–Crippen MR) is 247 cm³/mol. The molecule has 0 N–H and O–H groups in total. The molecule has 0 bridgehead atoms. The number of furan rings is 1. The Morgan fingerprint density at radius 1 is 0.379 bits per heavy atom. The summed E-state index contributed by atoms with van der Waals surface area (Å²) in [5.41, 5.74) is 13.3. The van der Waals surface area contributed by atoms with Gasteiger partial charge < -0.3 is 13.9 Å². The summed E-state index contributed by atoms with van der Waals surface area (Å²) in [7, 11) is 0. The van der Waals surface area contributed by atoms with Crippen LogP contribution in [-0.4, -0.2) is 4.57 Å². The third-order valence-corrected chi connectivity index (χ3v) is 12.8. The summed E-state index contributed by atoms with van der Waals surface area (Å²) in [5, 5.41) is 7.33. The molecule has 0 spiro atoms. The van der Waals surface area contributed by atoms with Crippen LogP contribution in [-0.2, 0) is 0 Å². The molecule has 3 nitrogen and oxygen atoms in total. The summed E-state index contributed by atoms with van der Waals surface area (Å²) in [4.78, 5) is 2.33. The van der Waals surface area contributed by atoms with Crippen molar-refractivity contribution in [3.63, 3.8) is 0 Å². The lowest BCUT2D eigenvalue weighted by Crippen LogP contribution is -2.09. The minimum Gasteiger partial charge on any atom is -0.456 e. The molecule has 0 fully saturated rings. The average Bonchev–Trinajstić information content (AvgIpc) is 3.96. The molecule has 0 aliphatic carbocycles. The summed E-state index contributed by atoms with van der Waals surface area (Å²) >= 11 is 1.87. The molecule has 4 heteroatoms. The van der Waals surface area contributed by atoms with E-state index in [0.717, 1.165) is 44.7 Å². The van der Waals surface area contributed by atoms with Gasteiger partial charge in [-0.3, -0.25) is 0 Å². The summed E-state index contributed by atoms with van der Waals surface area (Å²) in [6, 6.07) is 74.4. The molecule has 0 aliphatic heterocycles. The zero-order chi connectivity index (χ0) is 38.2. The Morgan fingerprint density at radius 3 is 1.66 bits per heavy atom. The van der Waals surface area contributed by atoms with Gasteiger partial charge in [-0.25, -0.2) is 0 Å². The molecule has 12 rings (SSSR count). The van der Waals surface area contributed by atoms with Crippen molar-refractivity contribution < 1.29 is 4.42 Å². The standard InChI is InChI=1S/C54H34N2OS/c1-2-12-35(13-3-1)36-22-26-38(27-23-36)55(40-30-31-45-44-16-6-10-20-51(44)57-52(45)34-40)39-28-24-37(25-29-39)47-32-41(33-48-46-17-7-11-21-53(46)58-54(47)48)56-49-18-8-4-14-42(49)43-15-5-9-19-50(43)56/h1-34H. The average molecular weight is 759 g/mol. The van der Waals surface area contributed by atoms with Crippen LogP contribution in [0.2, 0.25) is 0 Å². The molecule has 58 heavy (non-hydrogen) atoms. The van der Waals surface area contributed by atoms with E-state index in [0.29, 0.717) is 0 Å². The van der Waals surface area contributed by atoms with Gasteiger partial charge in [0.25, 0.3) is 0 Å². The second-order valence-corrected chi connectivity index (χ2v) is 16.0. The summed E-state index contributed by atoms with van der Waals surface area (Å²) in [5.74, 6) is 0. The molecule has 0 saturated heterocycles. The predicted octanol–water partition coefficient (Wildman–Crippen LogP) is 15.9. The summed E-state index contributed by atoms with van der Waals surface area (Å²) in [6.45, 7) is 0. The first-order chi connectivity index (χ1) is 28.7. The maximum absolute atomic E-state index is 6.40. The Labute approximate surface area is 338 Å². The molecule has 0 radical (unpaired) electrons. The molecule has 3 aromatic heterocycles. The van der Waals surface area contributed by atoms with E-state index in [1.54, 1.807) is 0 Å². The first-order valence-electron chi connectivity index (χ1n) is 19.7. The van der Waals surface area contributed by atoms with Gasteiger partial charge in [-0.1, -0.05) is 127 Å². The number of rotatable bonds is 6. The van der Waals surface area contributed by atoms with Crippen molar-refractivity contribution in [3.8, 4) is 27.9 Å². The van der Waals surface area contributed by atoms with Crippen molar-refractivity contribution in [2.24, 2.45) is 0 Å². The lowest BCUT2D eigenvalue weighted by atomic mass is 10.0. The van der Waals surface area contributed by atoms with Crippen LogP contribution in [0.1, 0.15) is 0 Å². The van der Waals surface area contributed by atoms with Crippen LogP contribution in [0.25, 0.3) is 91.9 Å². The van der Waals surface area contributed by atoms with Gasteiger partial charge in [0.1, 0.15) is 11.2 Å². The molecule has 9 aromatic carbocycles. The lowest BCUT2D eigenvalue weighted by Gasteiger charge is -2.26. The monoisotopic (exact) mass is 758 g/mol. The Kier molecular flexibility index (Phi) is 7.40. The van der Waals surface area contributed by atoms with Crippen molar-refractivity contribution in [2.75, 3.05) is 4.90 Å². The first-order valence-corrected chi connectivity index (χ1v) is 20.5. The van der Waals surface area contributed by atoms with E-state index in [-0.39, 0.29) is 0 Å². The Balaban J connectivity index is 1.03. The number of aromatic nitrogens is 1. The number of anilines is 3. The van der Waals surface area contributed by atoms with E-state index in [2.05, 4.69) is 204 Å². The van der Waals surface area contributed by atoms with E-state index in [9.17, 15) is 0 Å². The van der Waals surface area contributed by atoms with Crippen LogP contribution < -0.4 is 4.90 Å². The van der Waals surface area contributed by atoms with E-state index in [4.69, 9.17) is 4.42 Å². The summed E-state index contributed by atoms with van der Waals surface area (Å²) in [6.07, 6.45) is 0. The number of fused-ring (bicyclic) bond motifs is 9. The van der Waals surface area contributed by atoms with Crippen LogP contribution in [0.3, 0.4) is 0 Å². The molecule has 12 aromatic rings. The van der Waals surface area contributed by atoms with Crippen LogP contribution in [0.4, 0.5) is 17.1 Å². The number of thiophene rings is 1. The number of benzene rings is 9. The van der Waals surface area contributed by atoms with E-state index < -0.39 is 0 Å². The highest BCUT2D eigenvalue weighted by Gasteiger charge is 2.19. The Hall–Kier alpha value is -7.40. The van der Waals surface area contributed by atoms with E-state index in [1.807, 2.05) is 23.5 Å². The van der Waals surface area contributed by atoms with Crippen molar-refractivity contribution in [1.82, 2.24) is 4.57 Å². The highest BCUT2D eigenvalue weighted by molar-refractivity contribution is 7.26. The van der Waals surface area contributed by atoms with Crippen LogP contribution in [0.15, 0.2) is 211 Å². The number of hydrogen-bond acceptors (Lipinski definition) is 3. The molecule has 0 atom stereocenters. The highest BCUT2D eigenvalue weighted by atomic mass is 32.1. The molecule has 0 aliphatic rings. The van der Waals surface area contributed by atoms with E-state index in [1.165, 1.54) is 64.2 Å². The maximum Gasteiger partial charge on any atom is 0.137 e. The third-order valence-electron chi connectivity index (χ3n) is 11.6. The highest BCUT2D eigenvalue weighted by Crippen LogP contribution is 2.45. The second kappa shape index (κ2) is 13.1. The third kappa shape index (κ3) is 5.19. The zero-order valence-electron chi connectivity index (χ0n) is 31.3. The number of hydrogen-bond donors (Lipinski definition) is 0. The van der Waals surface area contributed by atoms with Gasteiger partial charge in [0.05, 0.1) is 11.0 Å². The number of para-hydroxylation sites is 3. The SMILES string of the molecule is c1ccc(-c2ccc(N(c3ccc(-c4cc(-n5c6ccccc6c6ccccc65)cc5c4sc4ccccc45)cc3)c3ccc4c(c3)oc3ccccc34)cc2)cc1. The topological polar surface area (TPSA) is 21.3 Å². The molecule has 0 unspecified atom stereocenters. The van der Waals surface area contributed by atoms with Gasteiger partial charge in [-0.05, 0) is 89.5 Å². The smallest absolute Gasteiger partial charge is 0.137 e. The van der Waals surface area contributed by atoms with Gasteiger partial charge >= 0.3 is 0 Å². The molecule has 3 heterocycles. The quantitative estimate of drug-likeness (QED) is 0.168. The zero-order valence-corrected chi connectivity index (χ0v) is 32.2. The van der Waals surface area contributed by atoms with Crippen molar-refractivity contribution in [3.05, 3.63) is 206 Å². The van der Waals surface area contributed by atoms with Crippen LogP contribution in [0.5, 0.6) is 0 Å². The molecule has 0 amide bonds. The largest absolute Gasteiger partial charge is 0.456 e. The molecular formula is C54H34N2OS. The maximum atomic E-state index is 6.40. The Bertz CT molecular complexity index is 3450. The minimum atomic E-state index is 0.871.